The lowest BCUT2D eigenvalue weighted by atomic mass is 10.1. The number of rotatable bonds is 1. The standard InChI is InChI=1S/C11H11BrN2/c1-8-3-4-9(2)10(7-8)14-6-5-11(12)13-14/h3-7H,1-2H3. The zero-order valence-electron chi connectivity index (χ0n) is 8.16. The van der Waals surface area contributed by atoms with E-state index in [1.165, 1.54) is 11.1 Å². The monoisotopic (exact) mass is 250 g/mol. The van der Waals surface area contributed by atoms with Gasteiger partial charge in [0.05, 0.1) is 5.69 Å². The van der Waals surface area contributed by atoms with Crippen LogP contribution in [-0.2, 0) is 0 Å². The van der Waals surface area contributed by atoms with Gasteiger partial charge in [-0.15, -0.1) is 0 Å². The Hall–Kier alpha value is -1.09. The predicted octanol–water partition coefficient (Wildman–Crippen LogP) is 3.25. The number of hydrogen-bond acceptors (Lipinski definition) is 1. The summed E-state index contributed by atoms with van der Waals surface area (Å²) in [6.07, 6.45) is 1.95. The first kappa shape index (κ1) is 9.46. The van der Waals surface area contributed by atoms with Crippen molar-refractivity contribution in [3.63, 3.8) is 0 Å². The van der Waals surface area contributed by atoms with E-state index in [2.05, 4.69) is 53.1 Å². The molecule has 0 saturated carbocycles. The zero-order chi connectivity index (χ0) is 10.1. The molecule has 0 fully saturated rings. The number of benzene rings is 1. The molecule has 0 aliphatic carbocycles. The maximum absolute atomic E-state index is 4.32. The van der Waals surface area contributed by atoms with Crippen LogP contribution in [0.5, 0.6) is 0 Å². The van der Waals surface area contributed by atoms with E-state index in [9.17, 15) is 0 Å². The highest BCUT2D eigenvalue weighted by Crippen LogP contribution is 2.16. The van der Waals surface area contributed by atoms with Gasteiger partial charge in [-0.3, -0.25) is 0 Å². The van der Waals surface area contributed by atoms with Crippen LogP contribution < -0.4 is 0 Å². The van der Waals surface area contributed by atoms with Gasteiger partial charge in [-0.05, 0) is 53.0 Å². The number of hydrogen-bond donors (Lipinski definition) is 0. The Morgan fingerprint density at radius 3 is 2.64 bits per heavy atom. The molecule has 1 heterocycles. The van der Waals surface area contributed by atoms with Gasteiger partial charge in [0.1, 0.15) is 4.60 Å². The molecule has 0 unspecified atom stereocenters. The molecule has 0 saturated heterocycles. The minimum atomic E-state index is 0.860. The van der Waals surface area contributed by atoms with Crippen molar-refractivity contribution in [1.29, 1.82) is 0 Å². The predicted molar refractivity (Wildman–Crippen MR) is 60.7 cm³/mol. The first-order valence-corrected chi connectivity index (χ1v) is 5.25. The van der Waals surface area contributed by atoms with Gasteiger partial charge in [0.15, 0.2) is 0 Å². The normalized spacial score (nSPS) is 10.5. The maximum Gasteiger partial charge on any atom is 0.128 e. The topological polar surface area (TPSA) is 17.8 Å². The number of aromatic nitrogens is 2. The minimum Gasteiger partial charge on any atom is -0.240 e. The smallest absolute Gasteiger partial charge is 0.128 e. The van der Waals surface area contributed by atoms with Crippen LogP contribution in [0, 0.1) is 13.8 Å². The average molecular weight is 251 g/mol. The van der Waals surface area contributed by atoms with Gasteiger partial charge in [0.2, 0.25) is 0 Å². The third-order valence-electron chi connectivity index (χ3n) is 2.17. The number of aryl methyl sites for hydroxylation is 2. The van der Waals surface area contributed by atoms with E-state index in [4.69, 9.17) is 0 Å². The molecular formula is C11H11BrN2. The third kappa shape index (κ3) is 1.73. The Morgan fingerprint density at radius 2 is 2.00 bits per heavy atom. The molecule has 0 radical (unpaired) electrons. The highest BCUT2D eigenvalue weighted by molar-refractivity contribution is 9.10. The summed E-state index contributed by atoms with van der Waals surface area (Å²) in [5, 5.41) is 4.32. The SMILES string of the molecule is Cc1ccc(C)c(-n2ccc(Br)n2)c1. The Morgan fingerprint density at radius 1 is 1.21 bits per heavy atom. The average Bonchev–Trinajstić information content (AvgIpc) is 2.56. The van der Waals surface area contributed by atoms with Gasteiger partial charge in [-0.2, -0.15) is 5.10 Å². The van der Waals surface area contributed by atoms with Crippen molar-refractivity contribution in [3.8, 4) is 5.69 Å². The second-order valence-electron chi connectivity index (χ2n) is 3.37. The zero-order valence-corrected chi connectivity index (χ0v) is 9.75. The quantitative estimate of drug-likeness (QED) is 0.760. The van der Waals surface area contributed by atoms with E-state index in [0.717, 1.165) is 10.3 Å². The van der Waals surface area contributed by atoms with Crippen LogP contribution in [0.2, 0.25) is 0 Å². The van der Waals surface area contributed by atoms with Crippen LogP contribution in [0.1, 0.15) is 11.1 Å². The highest BCUT2D eigenvalue weighted by Gasteiger charge is 2.02. The lowest BCUT2D eigenvalue weighted by Gasteiger charge is -2.06. The van der Waals surface area contributed by atoms with Crippen LogP contribution in [0.4, 0.5) is 0 Å². The highest BCUT2D eigenvalue weighted by atomic mass is 79.9. The van der Waals surface area contributed by atoms with E-state index >= 15 is 0 Å². The molecule has 3 heteroatoms. The van der Waals surface area contributed by atoms with E-state index in [1.54, 1.807) is 0 Å². The first-order valence-electron chi connectivity index (χ1n) is 4.45. The Kier molecular flexibility index (Phi) is 2.42. The fourth-order valence-corrected chi connectivity index (χ4v) is 1.69. The molecule has 2 aromatic rings. The Labute approximate surface area is 91.7 Å². The third-order valence-corrected chi connectivity index (χ3v) is 2.59. The van der Waals surface area contributed by atoms with Gasteiger partial charge < -0.3 is 0 Å². The number of nitrogens with zero attached hydrogens (tertiary/aromatic N) is 2. The summed E-state index contributed by atoms with van der Waals surface area (Å²) < 4.78 is 2.74. The molecule has 0 atom stereocenters. The van der Waals surface area contributed by atoms with Gasteiger partial charge in [0.25, 0.3) is 0 Å². The molecule has 14 heavy (non-hydrogen) atoms. The minimum absolute atomic E-state index is 0.860. The van der Waals surface area contributed by atoms with Crippen LogP contribution in [0.25, 0.3) is 5.69 Å². The molecule has 72 valence electrons. The van der Waals surface area contributed by atoms with Crippen molar-refractivity contribution in [1.82, 2.24) is 9.78 Å². The molecular weight excluding hydrogens is 240 g/mol. The van der Waals surface area contributed by atoms with E-state index in [1.807, 2.05) is 16.9 Å². The van der Waals surface area contributed by atoms with Crippen molar-refractivity contribution < 1.29 is 0 Å². The largest absolute Gasteiger partial charge is 0.240 e. The Balaban J connectivity index is 2.55. The van der Waals surface area contributed by atoms with Gasteiger partial charge in [-0.25, -0.2) is 4.68 Å². The molecule has 1 aromatic heterocycles. The number of halogens is 1. The van der Waals surface area contributed by atoms with E-state index in [-0.39, 0.29) is 0 Å². The fourth-order valence-electron chi connectivity index (χ4n) is 1.40. The molecule has 0 amide bonds. The molecule has 0 aliphatic rings. The maximum atomic E-state index is 4.32. The molecule has 2 rings (SSSR count). The van der Waals surface area contributed by atoms with Gasteiger partial charge >= 0.3 is 0 Å². The molecule has 2 nitrogen and oxygen atoms in total. The first-order chi connectivity index (χ1) is 6.66. The van der Waals surface area contributed by atoms with Crippen molar-refractivity contribution in [2.45, 2.75) is 13.8 Å². The Bertz CT molecular complexity index is 460. The second-order valence-corrected chi connectivity index (χ2v) is 4.19. The van der Waals surface area contributed by atoms with Crippen molar-refractivity contribution in [2.24, 2.45) is 0 Å². The molecule has 0 bridgehead atoms. The fraction of sp³-hybridized carbons (Fsp3) is 0.182. The van der Waals surface area contributed by atoms with Crippen LogP contribution in [0.3, 0.4) is 0 Å². The lowest BCUT2D eigenvalue weighted by Crippen LogP contribution is -1.97. The summed E-state index contributed by atoms with van der Waals surface area (Å²) in [4.78, 5) is 0. The van der Waals surface area contributed by atoms with E-state index in [0.29, 0.717) is 0 Å². The van der Waals surface area contributed by atoms with Crippen molar-refractivity contribution in [2.75, 3.05) is 0 Å². The van der Waals surface area contributed by atoms with E-state index < -0.39 is 0 Å². The van der Waals surface area contributed by atoms with Crippen molar-refractivity contribution >= 4 is 15.9 Å². The summed E-state index contributed by atoms with van der Waals surface area (Å²) in [5.41, 5.74) is 3.61. The summed E-state index contributed by atoms with van der Waals surface area (Å²) >= 11 is 3.34. The van der Waals surface area contributed by atoms with Gasteiger partial charge in [0, 0.05) is 6.20 Å². The lowest BCUT2D eigenvalue weighted by molar-refractivity contribution is 0.861. The summed E-state index contributed by atoms with van der Waals surface area (Å²) in [7, 11) is 0. The summed E-state index contributed by atoms with van der Waals surface area (Å²) in [6.45, 7) is 4.17. The second kappa shape index (κ2) is 3.58. The summed E-state index contributed by atoms with van der Waals surface area (Å²) in [6, 6.07) is 8.29. The molecule has 1 aromatic carbocycles. The van der Waals surface area contributed by atoms with Crippen LogP contribution >= 0.6 is 15.9 Å². The van der Waals surface area contributed by atoms with Gasteiger partial charge in [-0.1, -0.05) is 12.1 Å². The molecule has 0 spiro atoms. The summed E-state index contributed by atoms with van der Waals surface area (Å²) in [5.74, 6) is 0. The molecule has 0 aliphatic heterocycles. The van der Waals surface area contributed by atoms with Crippen LogP contribution in [0.15, 0.2) is 35.1 Å². The van der Waals surface area contributed by atoms with Crippen LogP contribution in [-0.4, -0.2) is 9.78 Å². The molecule has 0 N–H and O–H groups in total. The van der Waals surface area contributed by atoms with Crippen molar-refractivity contribution in [3.05, 3.63) is 46.2 Å².